The van der Waals surface area contributed by atoms with E-state index in [-0.39, 0.29) is 23.6 Å². The molecule has 0 spiro atoms. The van der Waals surface area contributed by atoms with E-state index in [9.17, 15) is 13.2 Å². The first-order chi connectivity index (χ1) is 16.3. The van der Waals surface area contributed by atoms with Crippen molar-refractivity contribution in [3.8, 4) is 0 Å². The van der Waals surface area contributed by atoms with Crippen molar-refractivity contribution in [1.29, 1.82) is 0 Å². The van der Waals surface area contributed by atoms with Crippen LogP contribution in [0.4, 0.5) is 5.82 Å². The van der Waals surface area contributed by atoms with Gasteiger partial charge < -0.3 is 4.74 Å². The van der Waals surface area contributed by atoms with Gasteiger partial charge in [-0.2, -0.15) is 0 Å². The SMILES string of the molecule is CCOC(=O)c1ccc(S(=O)(=O)N(Cc2ccc(Br)cn2)c2ncc3ccccc3c2C)cc1. The topological polar surface area (TPSA) is 89.5 Å². The summed E-state index contributed by atoms with van der Waals surface area (Å²) >= 11 is 3.36. The van der Waals surface area contributed by atoms with Gasteiger partial charge in [0, 0.05) is 27.8 Å². The van der Waals surface area contributed by atoms with Crippen LogP contribution < -0.4 is 4.31 Å². The molecule has 34 heavy (non-hydrogen) atoms. The number of halogens is 1. The fourth-order valence-corrected chi connectivity index (χ4v) is 5.26. The summed E-state index contributed by atoms with van der Waals surface area (Å²) in [5.41, 5.74) is 1.58. The van der Waals surface area contributed by atoms with E-state index in [1.807, 2.05) is 37.3 Å². The van der Waals surface area contributed by atoms with Gasteiger partial charge in [-0.25, -0.2) is 22.5 Å². The highest BCUT2D eigenvalue weighted by molar-refractivity contribution is 9.10. The minimum absolute atomic E-state index is 0.0125. The second-order valence-corrected chi connectivity index (χ2v) is 10.3. The third-order valence-electron chi connectivity index (χ3n) is 5.31. The van der Waals surface area contributed by atoms with E-state index in [1.54, 1.807) is 25.4 Å². The Hall–Kier alpha value is -3.30. The van der Waals surface area contributed by atoms with Crippen LogP contribution in [-0.2, 0) is 21.3 Å². The summed E-state index contributed by atoms with van der Waals surface area (Å²) in [5.74, 6) is -0.188. The molecule has 0 saturated heterocycles. The van der Waals surface area contributed by atoms with Crippen molar-refractivity contribution in [3.63, 3.8) is 0 Å². The van der Waals surface area contributed by atoms with Gasteiger partial charge in [0.2, 0.25) is 0 Å². The summed E-state index contributed by atoms with van der Waals surface area (Å²) in [4.78, 5) is 20.9. The molecule has 2 aromatic carbocycles. The molecule has 0 aliphatic carbocycles. The Labute approximate surface area is 206 Å². The molecule has 0 atom stereocenters. The summed E-state index contributed by atoms with van der Waals surface area (Å²) in [5, 5.41) is 1.83. The lowest BCUT2D eigenvalue weighted by Crippen LogP contribution is -2.32. The van der Waals surface area contributed by atoms with E-state index in [0.717, 1.165) is 20.8 Å². The molecule has 0 aliphatic rings. The van der Waals surface area contributed by atoms with E-state index in [2.05, 4.69) is 25.9 Å². The normalized spacial score (nSPS) is 11.4. The smallest absolute Gasteiger partial charge is 0.338 e. The number of pyridine rings is 2. The number of aryl methyl sites for hydroxylation is 1. The number of nitrogens with zero attached hydrogens (tertiary/aromatic N) is 3. The number of hydrogen-bond acceptors (Lipinski definition) is 6. The average Bonchev–Trinajstić information content (AvgIpc) is 2.84. The molecule has 9 heteroatoms. The fraction of sp³-hybridized carbons (Fsp3) is 0.160. The molecule has 0 fully saturated rings. The summed E-state index contributed by atoms with van der Waals surface area (Å²) in [6.45, 7) is 3.79. The van der Waals surface area contributed by atoms with Crippen LogP contribution in [0.2, 0.25) is 0 Å². The molecular formula is C25H22BrN3O4S. The van der Waals surface area contributed by atoms with Crippen molar-refractivity contribution >= 4 is 48.5 Å². The molecular weight excluding hydrogens is 518 g/mol. The predicted octanol–water partition coefficient (Wildman–Crippen LogP) is 5.27. The predicted molar refractivity (Wildman–Crippen MR) is 134 cm³/mol. The number of carbonyl (C=O) groups is 1. The number of sulfonamides is 1. The van der Waals surface area contributed by atoms with E-state index < -0.39 is 16.0 Å². The first-order valence-electron chi connectivity index (χ1n) is 10.6. The largest absolute Gasteiger partial charge is 0.462 e. The lowest BCUT2D eigenvalue weighted by molar-refractivity contribution is 0.0526. The Kier molecular flexibility index (Phi) is 6.95. The molecule has 0 aliphatic heterocycles. The Morgan fingerprint density at radius 2 is 1.74 bits per heavy atom. The van der Waals surface area contributed by atoms with Crippen LogP contribution in [0.25, 0.3) is 10.8 Å². The number of fused-ring (bicyclic) bond motifs is 1. The summed E-state index contributed by atoms with van der Waals surface area (Å²) in [7, 11) is -4.04. The number of esters is 1. The quantitative estimate of drug-likeness (QED) is 0.297. The van der Waals surface area contributed by atoms with Gasteiger partial charge in [0.1, 0.15) is 5.82 Å². The van der Waals surface area contributed by atoms with Gasteiger partial charge in [0.25, 0.3) is 10.0 Å². The molecule has 0 N–H and O–H groups in total. The molecule has 2 aromatic heterocycles. The third kappa shape index (κ3) is 4.80. The van der Waals surface area contributed by atoms with Crippen molar-refractivity contribution in [2.24, 2.45) is 0 Å². The van der Waals surface area contributed by atoms with Crippen molar-refractivity contribution in [2.45, 2.75) is 25.3 Å². The highest BCUT2D eigenvalue weighted by atomic mass is 79.9. The maximum Gasteiger partial charge on any atom is 0.338 e. The van der Waals surface area contributed by atoms with Crippen molar-refractivity contribution in [2.75, 3.05) is 10.9 Å². The van der Waals surface area contributed by atoms with Crippen LogP contribution in [0.5, 0.6) is 0 Å². The van der Waals surface area contributed by atoms with Crippen LogP contribution in [-0.4, -0.2) is 31.0 Å². The molecule has 7 nitrogen and oxygen atoms in total. The first kappa shape index (κ1) is 23.8. The van der Waals surface area contributed by atoms with Gasteiger partial charge >= 0.3 is 5.97 Å². The maximum atomic E-state index is 13.8. The van der Waals surface area contributed by atoms with Crippen LogP contribution in [0.3, 0.4) is 0 Å². The van der Waals surface area contributed by atoms with Gasteiger partial charge in [0.05, 0.1) is 29.3 Å². The number of benzene rings is 2. The molecule has 4 aromatic rings. The Balaban J connectivity index is 1.81. The van der Waals surface area contributed by atoms with Gasteiger partial charge in [-0.15, -0.1) is 0 Å². The minimum Gasteiger partial charge on any atom is -0.462 e. The highest BCUT2D eigenvalue weighted by Crippen LogP contribution is 2.31. The number of carbonyl (C=O) groups excluding carboxylic acids is 1. The Morgan fingerprint density at radius 3 is 2.41 bits per heavy atom. The molecule has 0 unspecified atom stereocenters. The summed E-state index contributed by atoms with van der Waals surface area (Å²) in [6.07, 6.45) is 3.29. The molecule has 2 heterocycles. The van der Waals surface area contributed by atoms with Crippen LogP contribution in [0, 0.1) is 6.92 Å². The second-order valence-electron chi connectivity index (χ2n) is 7.52. The number of ether oxygens (including phenoxy) is 1. The lowest BCUT2D eigenvalue weighted by atomic mass is 10.1. The number of rotatable bonds is 7. The molecule has 0 radical (unpaired) electrons. The second kappa shape index (κ2) is 9.90. The van der Waals surface area contributed by atoms with E-state index in [0.29, 0.717) is 11.5 Å². The number of anilines is 1. The Bertz CT molecular complexity index is 1440. The average molecular weight is 540 g/mol. The Morgan fingerprint density at radius 1 is 1.00 bits per heavy atom. The third-order valence-corrected chi connectivity index (χ3v) is 7.53. The van der Waals surface area contributed by atoms with E-state index in [4.69, 9.17) is 4.74 Å². The van der Waals surface area contributed by atoms with Crippen LogP contribution in [0.15, 0.2) is 82.4 Å². The van der Waals surface area contributed by atoms with Crippen molar-refractivity contribution in [1.82, 2.24) is 9.97 Å². The van der Waals surface area contributed by atoms with Crippen molar-refractivity contribution in [3.05, 3.63) is 94.4 Å². The fourth-order valence-electron chi connectivity index (χ4n) is 3.58. The van der Waals surface area contributed by atoms with Gasteiger partial charge in [-0.1, -0.05) is 24.3 Å². The molecule has 0 amide bonds. The molecule has 0 saturated carbocycles. The molecule has 0 bridgehead atoms. The van der Waals surface area contributed by atoms with Gasteiger partial charge in [-0.05, 0) is 71.6 Å². The zero-order valence-electron chi connectivity index (χ0n) is 18.6. The standard InChI is InChI=1S/C25H22BrN3O4S/c1-3-33-25(30)18-8-12-22(13-9-18)34(31,32)29(16-21-11-10-20(26)15-27-21)24-17(2)23-7-5-4-6-19(23)14-28-24/h4-15H,3,16H2,1-2H3. The first-order valence-corrected chi connectivity index (χ1v) is 12.8. The van der Waals surface area contributed by atoms with Gasteiger partial charge in [0.15, 0.2) is 0 Å². The van der Waals surface area contributed by atoms with E-state index in [1.165, 1.54) is 28.6 Å². The highest BCUT2D eigenvalue weighted by Gasteiger charge is 2.29. The van der Waals surface area contributed by atoms with Gasteiger partial charge in [-0.3, -0.25) is 4.98 Å². The zero-order valence-corrected chi connectivity index (χ0v) is 21.0. The minimum atomic E-state index is -4.04. The van der Waals surface area contributed by atoms with Crippen LogP contribution in [0.1, 0.15) is 28.5 Å². The number of hydrogen-bond donors (Lipinski definition) is 0. The summed E-state index contributed by atoms with van der Waals surface area (Å²) < 4.78 is 34.7. The number of aromatic nitrogens is 2. The molecule has 174 valence electrons. The van der Waals surface area contributed by atoms with Crippen LogP contribution >= 0.6 is 15.9 Å². The van der Waals surface area contributed by atoms with E-state index >= 15 is 0 Å². The maximum absolute atomic E-state index is 13.8. The monoisotopic (exact) mass is 539 g/mol. The van der Waals surface area contributed by atoms with Crippen molar-refractivity contribution < 1.29 is 17.9 Å². The lowest BCUT2D eigenvalue weighted by Gasteiger charge is -2.25. The summed E-state index contributed by atoms with van der Waals surface area (Å²) in [6, 6.07) is 16.9. The zero-order chi connectivity index (χ0) is 24.3. The molecule has 4 rings (SSSR count).